The molecule has 0 saturated carbocycles. The summed E-state index contributed by atoms with van der Waals surface area (Å²) in [5.74, 6) is -0.904. The van der Waals surface area contributed by atoms with Crippen molar-refractivity contribution in [2.24, 2.45) is 5.73 Å². The van der Waals surface area contributed by atoms with Crippen LogP contribution in [0.2, 0.25) is 0 Å². The Hall–Kier alpha value is -2.29. The first-order chi connectivity index (χ1) is 23.8. The Kier molecular flexibility index (Phi) is 33.9. The van der Waals surface area contributed by atoms with Crippen molar-refractivity contribution in [1.82, 2.24) is 0 Å². The SMILES string of the molecule is CC/C=C/C/C=C/C/C=C/C/C=C/CCCCC(=O)OC[C@H](COP(=O)(O)OCCN)OC(=O)CCCCC/C=C/CCCCCCCC. The van der Waals surface area contributed by atoms with Crippen LogP contribution in [0.1, 0.15) is 142 Å². The molecule has 49 heavy (non-hydrogen) atoms. The molecular formula is C39H68NO8P. The van der Waals surface area contributed by atoms with Crippen LogP contribution in [-0.2, 0) is 32.7 Å². The number of phosphoric acid groups is 1. The van der Waals surface area contributed by atoms with E-state index in [2.05, 4.69) is 74.6 Å². The van der Waals surface area contributed by atoms with E-state index >= 15 is 0 Å². The first-order valence-electron chi connectivity index (χ1n) is 18.8. The molecule has 0 radical (unpaired) electrons. The van der Waals surface area contributed by atoms with Gasteiger partial charge in [-0.15, -0.1) is 0 Å². The van der Waals surface area contributed by atoms with Gasteiger partial charge in [0, 0.05) is 19.4 Å². The van der Waals surface area contributed by atoms with E-state index in [4.69, 9.17) is 24.3 Å². The molecule has 10 heteroatoms. The number of allylic oxidation sites excluding steroid dienone is 10. The number of carbonyl (C=O) groups is 2. The summed E-state index contributed by atoms with van der Waals surface area (Å²) < 4.78 is 32.6. The molecule has 0 aromatic heterocycles. The summed E-state index contributed by atoms with van der Waals surface area (Å²) in [6.07, 6.45) is 39.7. The zero-order chi connectivity index (χ0) is 36.1. The molecule has 9 nitrogen and oxygen atoms in total. The van der Waals surface area contributed by atoms with Crippen molar-refractivity contribution in [3.8, 4) is 0 Å². The van der Waals surface area contributed by atoms with Crippen LogP contribution >= 0.6 is 7.82 Å². The standard InChI is InChI=1S/C39H68NO8P/c1-3-5-7-9-11-13-15-17-18-20-21-23-25-27-29-31-38(41)45-35-37(36-47-49(43,44)46-34-33-40)48-39(42)32-30-28-26-24-22-19-16-14-12-10-8-6-4-2/h5,7,11,13,17-19,21-23,37H,3-4,6,8-10,12,14-16,20,24-36,40H2,1-2H3,(H,43,44)/b7-5+,13-11+,18-17+,22-19+,23-21+/t37-/m1/s1. The quantitative estimate of drug-likeness (QED) is 0.0290. The fraction of sp³-hybridized carbons (Fsp3) is 0.692. The lowest BCUT2D eigenvalue weighted by Gasteiger charge is -2.19. The van der Waals surface area contributed by atoms with Gasteiger partial charge in [0.05, 0.1) is 13.2 Å². The minimum absolute atomic E-state index is 0.0428. The van der Waals surface area contributed by atoms with E-state index in [1.165, 1.54) is 38.5 Å². The molecule has 0 aromatic rings. The van der Waals surface area contributed by atoms with E-state index in [0.29, 0.717) is 12.8 Å². The molecule has 3 N–H and O–H groups in total. The van der Waals surface area contributed by atoms with E-state index < -0.39 is 32.5 Å². The Morgan fingerprint density at radius 2 is 1.12 bits per heavy atom. The van der Waals surface area contributed by atoms with Gasteiger partial charge in [0.2, 0.25) is 0 Å². The van der Waals surface area contributed by atoms with Gasteiger partial charge < -0.3 is 20.1 Å². The Morgan fingerprint density at radius 3 is 1.73 bits per heavy atom. The molecule has 0 saturated heterocycles. The second-order valence-electron chi connectivity index (χ2n) is 12.1. The Balaban J connectivity index is 4.35. The van der Waals surface area contributed by atoms with Crippen molar-refractivity contribution in [3.05, 3.63) is 60.8 Å². The molecule has 0 aliphatic carbocycles. The monoisotopic (exact) mass is 709 g/mol. The van der Waals surface area contributed by atoms with Gasteiger partial charge in [-0.1, -0.05) is 113 Å². The minimum Gasteiger partial charge on any atom is -0.462 e. The second-order valence-corrected chi connectivity index (χ2v) is 13.5. The van der Waals surface area contributed by atoms with Gasteiger partial charge in [0.25, 0.3) is 0 Å². The van der Waals surface area contributed by atoms with Gasteiger partial charge in [-0.2, -0.15) is 0 Å². The Morgan fingerprint density at radius 1 is 0.633 bits per heavy atom. The average molecular weight is 710 g/mol. The van der Waals surface area contributed by atoms with Gasteiger partial charge in [0.15, 0.2) is 6.10 Å². The van der Waals surface area contributed by atoms with Gasteiger partial charge in [-0.05, 0) is 77.0 Å². The second kappa shape index (κ2) is 35.5. The number of rotatable bonds is 34. The molecule has 0 heterocycles. The third kappa shape index (κ3) is 35.3. The molecule has 1 unspecified atom stereocenters. The smallest absolute Gasteiger partial charge is 0.462 e. The average Bonchev–Trinajstić information content (AvgIpc) is 3.08. The zero-order valence-corrected chi connectivity index (χ0v) is 31.5. The molecule has 282 valence electrons. The van der Waals surface area contributed by atoms with Crippen molar-refractivity contribution < 1.29 is 37.6 Å². The Bertz CT molecular complexity index is 992. The van der Waals surface area contributed by atoms with Crippen LogP contribution < -0.4 is 5.73 Å². The number of hydrogen-bond donors (Lipinski definition) is 2. The van der Waals surface area contributed by atoms with Crippen LogP contribution in [0.5, 0.6) is 0 Å². The maximum atomic E-state index is 12.5. The number of hydrogen-bond acceptors (Lipinski definition) is 8. The Labute approximate surface area is 298 Å². The highest BCUT2D eigenvalue weighted by atomic mass is 31.2. The molecule has 2 atom stereocenters. The number of carbonyl (C=O) groups excluding carboxylic acids is 2. The molecule has 0 rings (SSSR count). The molecule has 0 amide bonds. The third-order valence-electron chi connectivity index (χ3n) is 7.39. The molecular weight excluding hydrogens is 641 g/mol. The summed E-state index contributed by atoms with van der Waals surface area (Å²) in [7, 11) is -4.39. The largest absolute Gasteiger partial charge is 0.472 e. The topological polar surface area (TPSA) is 134 Å². The molecule has 0 bridgehead atoms. The maximum absolute atomic E-state index is 12.5. The van der Waals surface area contributed by atoms with Crippen molar-refractivity contribution in [1.29, 1.82) is 0 Å². The lowest BCUT2D eigenvalue weighted by molar-refractivity contribution is -0.161. The van der Waals surface area contributed by atoms with Crippen molar-refractivity contribution >= 4 is 19.8 Å². The first-order valence-corrected chi connectivity index (χ1v) is 20.3. The van der Waals surface area contributed by atoms with Crippen LogP contribution in [0.25, 0.3) is 0 Å². The predicted molar refractivity (Wildman–Crippen MR) is 201 cm³/mol. The lowest BCUT2D eigenvalue weighted by atomic mass is 10.1. The summed E-state index contributed by atoms with van der Waals surface area (Å²) in [6, 6.07) is 0. The predicted octanol–water partition coefficient (Wildman–Crippen LogP) is 10.2. The van der Waals surface area contributed by atoms with Gasteiger partial charge in [-0.3, -0.25) is 18.6 Å². The highest BCUT2D eigenvalue weighted by Crippen LogP contribution is 2.43. The van der Waals surface area contributed by atoms with E-state index in [1.54, 1.807) is 0 Å². The summed E-state index contributed by atoms with van der Waals surface area (Å²) in [5, 5.41) is 0. The molecule has 0 aromatic carbocycles. The van der Waals surface area contributed by atoms with E-state index in [0.717, 1.165) is 64.2 Å². The van der Waals surface area contributed by atoms with Crippen molar-refractivity contribution in [3.63, 3.8) is 0 Å². The highest BCUT2D eigenvalue weighted by molar-refractivity contribution is 7.47. The van der Waals surface area contributed by atoms with Gasteiger partial charge in [-0.25, -0.2) is 4.57 Å². The summed E-state index contributed by atoms with van der Waals surface area (Å²) in [5.41, 5.74) is 5.32. The van der Waals surface area contributed by atoms with Crippen LogP contribution in [0.15, 0.2) is 60.8 Å². The van der Waals surface area contributed by atoms with Crippen LogP contribution in [0.3, 0.4) is 0 Å². The normalized spacial score (nSPS) is 14.1. The van der Waals surface area contributed by atoms with Crippen LogP contribution in [-0.4, -0.2) is 49.3 Å². The van der Waals surface area contributed by atoms with Gasteiger partial charge >= 0.3 is 19.8 Å². The molecule has 0 aliphatic heterocycles. The number of esters is 2. The number of nitrogens with two attached hydrogens (primary N) is 1. The van der Waals surface area contributed by atoms with Crippen molar-refractivity contribution in [2.75, 3.05) is 26.4 Å². The van der Waals surface area contributed by atoms with Crippen molar-refractivity contribution in [2.45, 2.75) is 148 Å². The summed E-state index contributed by atoms with van der Waals surface area (Å²) in [6.45, 7) is 3.51. The third-order valence-corrected chi connectivity index (χ3v) is 8.37. The first kappa shape index (κ1) is 46.7. The molecule has 0 aliphatic rings. The number of unbranched alkanes of at least 4 members (excludes halogenated alkanes) is 11. The minimum atomic E-state index is -4.39. The summed E-state index contributed by atoms with van der Waals surface area (Å²) >= 11 is 0. The van der Waals surface area contributed by atoms with E-state index in [-0.39, 0.29) is 32.6 Å². The maximum Gasteiger partial charge on any atom is 0.472 e. The van der Waals surface area contributed by atoms with E-state index in [9.17, 15) is 19.0 Å². The fourth-order valence-corrected chi connectivity index (χ4v) is 5.38. The molecule has 0 fully saturated rings. The lowest BCUT2D eigenvalue weighted by Crippen LogP contribution is -2.29. The number of phosphoric ester groups is 1. The molecule has 0 spiro atoms. The highest BCUT2D eigenvalue weighted by Gasteiger charge is 2.25. The zero-order valence-electron chi connectivity index (χ0n) is 30.7. The number of ether oxygens (including phenoxy) is 2. The van der Waals surface area contributed by atoms with Gasteiger partial charge in [0.1, 0.15) is 6.61 Å². The van der Waals surface area contributed by atoms with Crippen LogP contribution in [0.4, 0.5) is 0 Å². The van der Waals surface area contributed by atoms with E-state index in [1.807, 2.05) is 0 Å². The van der Waals surface area contributed by atoms with Crippen LogP contribution in [0, 0.1) is 0 Å². The summed E-state index contributed by atoms with van der Waals surface area (Å²) in [4.78, 5) is 34.7. The fourth-order valence-electron chi connectivity index (χ4n) is 4.62.